The zero-order valence-corrected chi connectivity index (χ0v) is 11.8. The van der Waals surface area contributed by atoms with Gasteiger partial charge in [0, 0.05) is 19.0 Å². The second kappa shape index (κ2) is 5.61. The van der Waals surface area contributed by atoms with Crippen LogP contribution in [-0.2, 0) is 11.2 Å². The van der Waals surface area contributed by atoms with Crippen LogP contribution < -0.4 is 5.73 Å². The first-order chi connectivity index (χ1) is 9.08. The Morgan fingerprint density at radius 1 is 1.58 bits per heavy atom. The fourth-order valence-electron chi connectivity index (χ4n) is 2.75. The number of piperidine rings is 1. The van der Waals surface area contributed by atoms with Gasteiger partial charge in [0.2, 0.25) is 0 Å². The number of methoxy groups -OCH3 is 1. The Morgan fingerprint density at radius 2 is 2.32 bits per heavy atom. The van der Waals surface area contributed by atoms with Crippen LogP contribution >= 0.6 is 0 Å². The SMILES string of the molecule is CCc1nc(C(=O)OC)c(N)n1C1CCCN(C)C1. The van der Waals surface area contributed by atoms with E-state index in [1.165, 1.54) is 7.11 Å². The molecule has 1 fully saturated rings. The van der Waals surface area contributed by atoms with Gasteiger partial charge in [-0.3, -0.25) is 0 Å². The lowest BCUT2D eigenvalue weighted by Crippen LogP contribution is -2.34. The molecule has 1 saturated heterocycles. The standard InChI is InChI=1S/C13H22N4O2/c1-4-10-15-11(13(18)19-3)12(14)17(10)9-6-5-7-16(2)8-9/h9H,4-8,14H2,1-3H3. The topological polar surface area (TPSA) is 73.4 Å². The van der Waals surface area contributed by atoms with Crippen molar-refractivity contribution in [2.24, 2.45) is 0 Å². The first-order valence-corrected chi connectivity index (χ1v) is 6.71. The van der Waals surface area contributed by atoms with Crippen LogP contribution in [0.4, 0.5) is 5.82 Å². The first kappa shape index (κ1) is 13.9. The average Bonchev–Trinajstić information content (AvgIpc) is 2.74. The number of nitrogen functional groups attached to an aromatic ring is 1. The van der Waals surface area contributed by atoms with Gasteiger partial charge in [-0.15, -0.1) is 0 Å². The highest BCUT2D eigenvalue weighted by Gasteiger charge is 2.27. The van der Waals surface area contributed by atoms with Crippen molar-refractivity contribution >= 4 is 11.8 Å². The summed E-state index contributed by atoms with van der Waals surface area (Å²) in [6, 6.07) is 0.291. The van der Waals surface area contributed by atoms with Crippen molar-refractivity contribution in [1.82, 2.24) is 14.5 Å². The molecule has 1 aromatic heterocycles. The van der Waals surface area contributed by atoms with Gasteiger partial charge >= 0.3 is 5.97 Å². The molecule has 0 saturated carbocycles. The summed E-state index contributed by atoms with van der Waals surface area (Å²) in [6.07, 6.45) is 2.95. The van der Waals surface area contributed by atoms with Gasteiger partial charge in [-0.05, 0) is 26.4 Å². The van der Waals surface area contributed by atoms with Crippen LogP contribution in [0.5, 0.6) is 0 Å². The molecular formula is C13H22N4O2. The number of nitrogens with zero attached hydrogens (tertiary/aromatic N) is 3. The highest BCUT2D eigenvalue weighted by molar-refractivity contribution is 5.92. The van der Waals surface area contributed by atoms with Gasteiger partial charge in [-0.2, -0.15) is 0 Å². The molecule has 2 heterocycles. The summed E-state index contributed by atoms with van der Waals surface area (Å²) in [5, 5.41) is 0. The maximum absolute atomic E-state index is 11.7. The molecule has 6 heteroatoms. The number of carbonyl (C=O) groups is 1. The van der Waals surface area contributed by atoms with Gasteiger partial charge in [0.1, 0.15) is 11.6 Å². The monoisotopic (exact) mass is 266 g/mol. The fraction of sp³-hybridized carbons (Fsp3) is 0.692. The molecule has 19 heavy (non-hydrogen) atoms. The number of ether oxygens (including phenoxy) is 1. The molecule has 1 atom stereocenters. The summed E-state index contributed by atoms with van der Waals surface area (Å²) in [5.74, 6) is 0.831. The number of aryl methyl sites for hydroxylation is 1. The van der Waals surface area contributed by atoms with Crippen molar-refractivity contribution < 1.29 is 9.53 Å². The molecule has 0 aliphatic carbocycles. The zero-order chi connectivity index (χ0) is 14.0. The molecule has 0 amide bonds. The minimum absolute atomic E-state index is 0.243. The summed E-state index contributed by atoms with van der Waals surface area (Å²) in [4.78, 5) is 18.3. The Hall–Kier alpha value is -1.56. The third-order valence-electron chi connectivity index (χ3n) is 3.68. The molecule has 6 nitrogen and oxygen atoms in total. The molecule has 0 spiro atoms. The van der Waals surface area contributed by atoms with Gasteiger partial charge in [0.25, 0.3) is 0 Å². The van der Waals surface area contributed by atoms with Gasteiger partial charge in [-0.25, -0.2) is 9.78 Å². The summed E-state index contributed by atoms with van der Waals surface area (Å²) in [5.41, 5.74) is 6.36. The Kier molecular flexibility index (Phi) is 4.09. The van der Waals surface area contributed by atoms with Gasteiger partial charge < -0.3 is 19.9 Å². The smallest absolute Gasteiger partial charge is 0.360 e. The number of nitrogens with two attached hydrogens (primary N) is 1. The third kappa shape index (κ3) is 2.58. The molecule has 0 bridgehead atoms. The number of carbonyl (C=O) groups excluding carboxylic acids is 1. The minimum Gasteiger partial charge on any atom is -0.464 e. The Labute approximate surface area is 113 Å². The van der Waals surface area contributed by atoms with Crippen LogP contribution in [0.25, 0.3) is 0 Å². The number of esters is 1. The van der Waals surface area contributed by atoms with Crippen LogP contribution in [0.15, 0.2) is 0 Å². The normalized spacial score (nSPS) is 20.5. The van der Waals surface area contributed by atoms with Crippen molar-refractivity contribution in [3.8, 4) is 0 Å². The molecule has 106 valence electrons. The van der Waals surface area contributed by atoms with Gasteiger partial charge in [-0.1, -0.05) is 6.92 Å². The quantitative estimate of drug-likeness (QED) is 0.829. The predicted molar refractivity (Wildman–Crippen MR) is 73.1 cm³/mol. The lowest BCUT2D eigenvalue weighted by molar-refractivity contribution is 0.0595. The van der Waals surface area contributed by atoms with Crippen LogP contribution in [0.3, 0.4) is 0 Å². The first-order valence-electron chi connectivity index (χ1n) is 6.71. The summed E-state index contributed by atoms with van der Waals surface area (Å²) in [7, 11) is 3.45. The highest BCUT2D eigenvalue weighted by Crippen LogP contribution is 2.28. The number of imidazole rings is 1. The lowest BCUT2D eigenvalue weighted by atomic mass is 10.1. The molecule has 1 aliphatic rings. The largest absolute Gasteiger partial charge is 0.464 e. The molecule has 1 unspecified atom stereocenters. The number of aromatic nitrogens is 2. The lowest BCUT2D eigenvalue weighted by Gasteiger charge is -2.32. The number of anilines is 1. The third-order valence-corrected chi connectivity index (χ3v) is 3.68. The van der Waals surface area contributed by atoms with E-state index in [1.807, 2.05) is 11.5 Å². The number of hydrogen-bond acceptors (Lipinski definition) is 5. The minimum atomic E-state index is -0.463. The summed E-state index contributed by atoms with van der Waals surface area (Å²) in [6.45, 7) is 4.07. The van der Waals surface area contributed by atoms with E-state index in [0.717, 1.165) is 38.2 Å². The zero-order valence-electron chi connectivity index (χ0n) is 11.8. The Morgan fingerprint density at radius 3 is 2.89 bits per heavy atom. The van der Waals surface area contributed by atoms with Crippen LogP contribution in [-0.4, -0.2) is 47.7 Å². The van der Waals surface area contributed by atoms with E-state index in [2.05, 4.69) is 16.9 Å². The highest BCUT2D eigenvalue weighted by atomic mass is 16.5. The molecular weight excluding hydrogens is 244 g/mol. The van der Waals surface area contributed by atoms with E-state index < -0.39 is 5.97 Å². The van der Waals surface area contributed by atoms with E-state index in [1.54, 1.807) is 0 Å². The number of likely N-dealkylation sites (tertiary alicyclic amines) is 1. The second-order valence-electron chi connectivity index (χ2n) is 5.04. The molecule has 0 radical (unpaired) electrons. The molecule has 1 aliphatic heterocycles. The van der Waals surface area contributed by atoms with Crippen LogP contribution in [0.2, 0.25) is 0 Å². The van der Waals surface area contributed by atoms with E-state index in [4.69, 9.17) is 10.5 Å². The predicted octanol–water partition coefficient (Wildman–Crippen LogP) is 1.08. The average molecular weight is 266 g/mol. The molecule has 2 N–H and O–H groups in total. The fourth-order valence-corrected chi connectivity index (χ4v) is 2.75. The molecule has 2 rings (SSSR count). The summed E-state index contributed by atoms with van der Waals surface area (Å²) >= 11 is 0. The van der Waals surface area contributed by atoms with E-state index in [9.17, 15) is 4.79 Å². The molecule has 1 aromatic rings. The van der Waals surface area contributed by atoms with Gasteiger partial charge in [0.15, 0.2) is 5.69 Å². The van der Waals surface area contributed by atoms with Crippen molar-refractivity contribution in [2.75, 3.05) is 33.0 Å². The Balaban J connectivity index is 2.38. The number of rotatable bonds is 3. The summed E-state index contributed by atoms with van der Waals surface area (Å²) < 4.78 is 6.75. The Bertz CT molecular complexity index is 469. The van der Waals surface area contributed by atoms with Crippen molar-refractivity contribution in [2.45, 2.75) is 32.2 Å². The second-order valence-corrected chi connectivity index (χ2v) is 5.04. The van der Waals surface area contributed by atoms with E-state index in [-0.39, 0.29) is 5.69 Å². The number of likely N-dealkylation sites (N-methyl/N-ethyl adjacent to an activating group) is 1. The van der Waals surface area contributed by atoms with Crippen LogP contribution in [0, 0.1) is 0 Å². The number of hydrogen-bond donors (Lipinski definition) is 1. The van der Waals surface area contributed by atoms with Crippen LogP contribution in [0.1, 0.15) is 42.1 Å². The van der Waals surface area contributed by atoms with Crippen molar-refractivity contribution in [3.63, 3.8) is 0 Å². The van der Waals surface area contributed by atoms with Gasteiger partial charge in [0.05, 0.1) is 7.11 Å². The maximum atomic E-state index is 11.7. The maximum Gasteiger partial charge on any atom is 0.360 e. The van der Waals surface area contributed by atoms with Crippen molar-refractivity contribution in [1.29, 1.82) is 0 Å². The van der Waals surface area contributed by atoms with Crippen molar-refractivity contribution in [3.05, 3.63) is 11.5 Å². The van der Waals surface area contributed by atoms with E-state index in [0.29, 0.717) is 11.9 Å². The van der Waals surface area contributed by atoms with E-state index >= 15 is 0 Å². The molecule has 0 aromatic carbocycles.